The van der Waals surface area contributed by atoms with Crippen molar-refractivity contribution in [2.45, 2.75) is 9.37 Å². The summed E-state index contributed by atoms with van der Waals surface area (Å²) < 4.78 is 1.48. The van der Waals surface area contributed by atoms with E-state index in [9.17, 15) is 0 Å². The molecule has 0 aromatic carbocycles. The van der Waals surface area contributed by atoms with E-state index in [1.807, 2.05) is 19.0 Å². The Morgan fingerprint density at radius 2 is 2.12 bits per heavy atom. The Hall–Kier alpha value is -0.440. The summed E-state index contributed by atoms with van der Waals surface area (Å²) in [7, 11) is 3.85. The molecule has 0 radical (unpaired) electrons. The van der Waals surface area contributed by atoms with Gasteiger partial charge in [-0.05, 0) is 27.7 Å². The molecule has 2 aromatic heterocycles. The van der Waals surface area contributed by atoms with Crippen molar-refractivity contribution in [3.63, 3.8) is 0 Å². The van der Waals surface area contributed by atoms with E-state index in [0.717, 1.165) is 14.5 Å². The molecule has 0 aliphatic carbocycles. The van der Waals surface area contributed by atoms with E-state index >= 15 is 0 Å². The van der Waals surface area contributed by atoms with E-state index in [-0.39, 0.29) is 0 Å². The van der Waals surface area contributed by atoms with E-state index in [0.29, 0.717) is 9.63 Å². The van der Waals surface area contributed by atoms with Gasteiger partial charge in [-0.1, -0.05) is 22.9 Å². The third-order valence-electron chi connectivity index (χ3n) is 1.68. The molecule has 2 rings (SSSR count). The minimum absolute atomic E-state index is 0.389. The molecule has 0 N–H and O–H groups in total. The minimum atomic E-state index is 0.389. The summed E-state index contributed by atoms with van der Waals surface area (Å²) in [5.41, 5.74) is 0. The minimum Gasteiger partial charge on any atom is -0.353 e. The molecule has 0 unspecified atom stereocenters. The molecular formula is C8H7BrClN5S2. The van der Waals surface area contributed by atoms with Gasteiger partial charge in [0.1, 0.15) is 16.5 Å². The number of anilines is 1. The number of rotatable bonds is 3. The van der Waals surface area contributed by atoms with Crippen LogP contribution in [0.2, 0.25) is 5.15 Å². The fourth-order valence-corrected chi connectivity index (χ4v) is 3.21. The molecule has 0 saturated heterocycles. The highest BCUT2D eigenvalue weighted by atomic mass is 79.9. The van der Waals surface area contributed by atoms with Crippen LogP contribution in [-0.4, -0.2) is 34.3 Å². The normalized spacial score (nSPS) is 10.6. The van der Waals surface area contributed by atoms with Crippen molar-refractivity contribution in [1.82, 2.24) is 20.2 Å². The van der Waals surface area contributed by atoms with Crippen molar-refractivity contribution < 1.29 is 0 Å². The van der Waals surface area contributed by atoms with Crippen molar-refractivity contribution in [2.24, 2.45) is 0 Å². The van der Waals surface area contributed by atoms with Crippen LogP contribution in [0.25, 0.3) is 0 Å². The second-order valence-corrected chi connectivity index (χ2v) is 6.47. The van der Waals surface area contributed by atoms with Crippen LogP contribution in [-0.2, 0) is 0 Å². The van der Waals surface area contributed by atoms with Gasteiger partial charge in [0.15, 0.2) is 4.34 Å². The van der Waals surface area contributed by atoms with E-state index < -0.39 is 0 Å². The average molecular weight is 353 g/mol. The molecule has 17 heavy (non-hydrogen) atoms. The highest BCUT2D eigenvalue weighted by Gasteiger charge is 2.12. The molecule has 9 heteroatoms. The van der Waals surface area contributed by atoms with Crippen molar-refractivity contribution in [3.05, 3.63) is 16.0 Å². The van der Waals surface area contributed by atoms with E-state index in [4.69, 9.17) is 11.6 Å². The fraction of sp³-hybridized carbons (Fsp3) is 0.250. The summed E-state index contributed by atoms with van der Waals surface area (Å²) in [4.78, 5) is 9.91. The highest BCUT2D eigenvalue weighted by molar-refractivity contribution is 9.10. The first-order chi connectivity index (χ1) is 8.08. The maximum absolute atomic E-state index is 5.88. The largest absolute Gasteiger partial charge is 0.353 e. The van der Waals surface area contributed by atoms with Crippen molar-refractivity contribution in [1.29, 1.82) is 0 Å². The van der Waals surface area contributed by atoms with Gasteiger partial charge in [0.25, 0.3) is 0 Å². The molecule has 90 valence electrons. The van der Waals surface area contributed by atoms with Gasteiger partial charge in [-0.25, -0.2) is 9.97 Å². The molecule has 0 fully saturated rings. The highest BCUT2D eigenvalue weighted by Crippen LogP contribution is 2.36. The smallest absolute Gasteiger partial charge is 0.208 e. The number of hydrogen-bond acceptors (Lipinski definition) is 7. The lowest BCUT2D eigenvalue weighted by molar-refractivity contribution is 0.966. The van der Waals surface area contributed by atoms with Crippen LogP contribution in [0.5, 0.6) is 0 Å². The fourth-order valence-electron chi connectivity index (χ4n) is 0.912. The van der Waals surface area contributed by atoms with Gasteiger partial charge < -0.3 is 4.90 Å². The van der Waals surface area contributed by atoms with Crippen LogP contribution in [0.4, 0.5) is 5.13 Å². The van der Waals surface area contributed by atoms with E-state index in [1.54, 1.807) is 0 Å². The average Bonchev–Trinajstić information content (AvgIpc) is 2.73. The van der Waals surface area contributed by atoms with Crippen LogP contribution >= 0.6 is 50.6 Å². The first-order valence-electron chi connectivity index (χ1n) is 4.42. The van der Waals surface area contributed by atoms with Crippen molar-refractivity contribution in [3.8, 4) is 0 Å². The van der Waals surface area contributed by atoms with Crippen LogP contribution in [0.1, 0.15) is 0 Å². The van der Waals surface area contributed by atoms with Crippen LogP contribution < -0.4 is 4.90 Å². The third-order valence-corrected chi connectivity index (χ3v) is 5.35. The molecule has 0 saturated carbocycles. The zero-order chi connectivity index (χ0) is 12.4. The SMILES string of the molecule is CN(C)c1nnc(Sc2ncnc(Cl)c2Br)s1. The Morgan fingerprint density at radius 1 is 1.35 bits per heavy atom. The molecule has 0 aliphatic rings. The lowest BCUT2D eigenvalue weighted by Gasteiger charge is -2.03. The summed E-state index contributed by atoms with van der Waals surface area (Å²) in [5.74, 6) is 0. The summed E-state index contributed by atoms with van der Waals surface area (Å²) in [5, 5.41) is 10.1. The van der Waals surface area contributed by atoms with Gasteiger partial charge in [-0.15, -0.1) is 10.2 Å². The lowest BCUT2D eigenvalue weighted by Crippen LogP contribution is -2.07. The lowest BCUT2D eigenvalue weighted by atomic mass is 10.7. The Labute approximate surface area is 120 Å². The van der Waals surface area contributed by atoms with Gasteiger partial charge in [-0.3, -0.25) is 0 Å². The zero-order valence-electron chi connectivity index (χ0n) is 8.89. The molecule has 0 amide bonds. The predicted octanol–water partition coefficient (Wildman–Crippen LogP) is 2.96. The maximum Gasteiger partial charge on any atom is 0.208 e. The Kier molecular flexibility index (Phi) is 4.18. The number of halogens is 2. The molecule has 5 nitrogen and oxygen atoms in total. The Balaban J connectivity index is 2.22. The number of aromatic nitrogens is 4. The Morgan fingerprint density at radius 3 is 2.76 bits per heavy atom. The predicted molar refractivity (Wildman–Crippen MR) is 73.1 cm³/mol. The van der Waals surface area contributed by atoms with Crippen molar-refractivity contribution in [2.75, 3.05) is 19.0 Å². The molecule has 0 bridgehead atoms. The van der Waals surface area contributed by atoms with E-state index in [1.165, 1.54) is 29.4 Å². The second kappa shape index (κ2) is 5.47. The molecule has 2 heterocycles. The molecule has 0 atom stereocenters. The van der Waals surface area contributed by atoms with Crippen LogP contribution in [0.3, 0.4) is 0 Å². The molecule has 0 spiro atoms. The first-order valence-corrected chi connectivity index (χ1v) is 7.23. The van der Waals surface area contributed by atoms with Gasteiger partial charge >= 0.3 is 0 Å². The summed E-state index contributed by atoms with van der Waals surface area (Å²) >= 11 is 12.1. The molecular weight excluding hydrogens is 346 g/mol. The second-order valence-electron chi connectivity index (χ2n) is 3.13. The summed E-state index contributed by atoms with van der Waals surface area (Å²) in [6.07, 6.45) is 1.42. The third kappa shape index (κ3) is 3.06. The quantitative estimate of drug-likeness (QED) is 0.792. The van der Waals surface area contributed by atoms with Crippen molar-refractivity contribution >= 4 is 55.8 Å². The monoisotopic (exact) mass is 351 g/mol. The number of nitrogens with zero attached hydrogens (tertiary/aromatic N) is 5. The van der Waals surface area contributed by atoms with Gasteiger partial charge in [0.2, 0.25) is 5.13 Å². The van der Waals surface area contributed by atoms with Crippen LogP contribution in [0, 0.1) is 0 Å². The van der Waals surface area contributed by atoms with Gasteiger partial charge in [0.05, 0.1) is 4.47 Å². The standard InChI is InChI=1S/C8H7BrClN5S2/c1-15(2)7-13-14-8(17-7)16-6-4(9)5(10)11-3-12-6/h3H,1-2H3. The molecule has 2 aromatic rings. The number of hydrogen-bond donors (Lipinski definition) is 0. The van der Waals surface area contributed by atoms with Gasteiger partial charge in [-0.2, -0.15) is 0 Å². The summed E-state index contributed by atoms with van der Waals surface area (Å²) in [6, 6.07) is 0. The first kappa shape index (κ1) is 13.0. The van der Waals surface area contributed by atoms with Crippen LogP contribution in [0.15, 0.2) is 20.2 Å². The maximum atomic E-state index is 5.88. The van der Waals surface area contributed by atoms with Gasteiger partial charge in [0, 0.05) is 14.1 Å². The molecule has 0 aliphatic heterocycles. The Bertz CT molecular complexity index is 532. The zero-order valence-corrected chi connectivity index (χ0v) is 12.9. The summed E-state index contributed by atoms with van der Waals surface area (Å²) in [6.45, 7) is 0. The topological polar surface area (TPSA) is 54.8 Å². The van der Waals surface area contributed by atoms with E-state index in [2.05, 4.69) is 36.1 Å².